The van der Waals surface area contributed by atoms with Crippen molar-refractivity contribution in [2.45, 2.75) is 25.3 Å². The van der Waals surface area contributed by atoms with E-state index in [9.17, 15) is 0 Å². The van der Waals surface area contributed by atoms with Crippen molar-refractivity contribution in [3.05, 3.63) is 21.8 Å². The highest BCUT2D eigenvalue weighted by molar-refractivity contribution is 14.1. The van der Waals surface area contributed by atoms with Crippen LogP contribution in [0.2, 0.25) is 0 Å². The first-order valence-electron chi connectivity index (χ1n) is 4.42. The van der Waals surface area contributed by atoms with Gasteiger partial charge in [-0.05, 0) is 60.6 Å². The zero-order valence-corrected chi connectivity index (χ0v) is 9.76. The molecule has 0 unspecified atom stereocenters. The Kier molecular flexibility index (Phi) is 2.14. The molecule has 1 fully saturated rings. The Labute approximate surface area is 92.0 Å². The molecule has 1 aromatic carbocycles. The summed E-state index contributed by atoms with van der Waals surface area (Å²) in [5, 5.41) is 3.52. The van der Waals surface area contributed by atoms with Crippen molar-refractivity contribution in [1.82, 2.24) is 0 Å². The molecule has 3 heteroatoms. The zero-order valence-electron chi connectivity index (χ0n) is 7.60. The lowest BCUT2D eigenvalue weighted by Crippen LogP contribution is -2.16. The van der Waals surface area contributed by atoms with Crippen LogP contribution >= 0.6 is 22.6 Å². The number of rotatable bonds is 2. The molecule has 1 aliphatic carbocycles. The molecule has 1 saturated carbocycles. The maximum atomic E-state index is 5.67. The van der Waals surface area contributed by atoms with E-state index < -0.39 is 0 Å². The van der Waals surface area contributed by atoms with Crippen LogP contribution in [-0.4, -0.2) is 5.54 Å². The fourth-order valence-corrected chi connectivity index (χ4v) is 1.94. The second-order valence-electron chi connectivity index (χ2n) is 3.92. The van der Waals surface area contributed by atoms with Crippen LogP contribution in [0.1, 0.15) is 19.8 Å². The van der Waals surface area contributed by atoms with Gasteiger partial charge in [0.05, 0.1) is 0 Å². The molecule has 1 aliphatic rings. The van der Waals surface area contributed by atoms with Gasteiger partial charge in [-0.3, -0.25) is 0 Å². The van der Waals surface area contributed by atoms with E-state index in [1.807, 2.05) is 12.1 Å². The predicted molar refractivity (Wildman–Crippen MR) is 64.8 cm³/mol. The van der Waals surface area contributed by atoms with Gasteiger partial charge < -0.3 is 11.1 Å². The first-order valence-corrected chi connectivity index (χ1v) is 5.50. The minimum atomic E-state index is 0.343. The van der Waals surface area contributed by atoms with E-state index in [1.165, 1.54) is 22.1 Å². The van der Waals surface area contributed by atoms with Crippen LogP contribution in [-0.2, 0) is 0 Å². The maximum Gasteiger partial charge on any atom is 0.0481 e. The molecule has 0 heterocycles. The lowest BCUT2D eigenvalue weighted by Gasteiger charge is -2.14. The van der Waals surface area contributed by atoms with Crippen molar-refractivity contribution in [2.75, 3.05) is 11.1 Å². The van der Waals surface area contributed by atoms with E-state index in [0.717, 1.165) is 5.69 Å². The molecule has 0 amide bonds. The first-order chi connectivity index (χ1) is 6.09. The third-order valence-electron chi connectivity index (χ3n) is 2.43. The van der Waals surface area contributed by atoms with E-state index in [1.54, 1.807) is 0 Å². The summed E-state index contributed by atoms with van der Waals surface area (Å²) in [6.45, 7) is 2.25. The van der Waals surface area contributed by atoms with Gasteiger partial charge in [-0.1, -0.05) is 0 Å². The quantitative estimate of drug-likeness (QED) is 0.648. The van der Waals surface area contributed by atoms with E-state index >= 15 is 0 Å². The average molecular weight is 288 g/mol. The van der Waals surface area contributed by atoms with Gasteiger partial charge in [0.1, 0.15) is 0 Å². The van der Waals surface area contributed by atoms with Gasteiger partial charge in [-0.25, -0.2) is 0 Å². The summed E-state index contributed by atoms with van der Waals surface area (Å²) in [5.41, 5.74) is 8.05. The van der Waals surface area contributed by atoms with Crippen molar-refractivity contribution < 1.29 is 0 Å². The standard InChI is InChI=1S/C10H13IN2/c1-10(4-5-10)13-9-3-2-7(12)6-8(9)11/h2-3,6,13H,4-5,12H2,1H3. The lowest BCUT2D eigenvalue weighted by atomic mass is 10.2. The van der Waals surface area contributed by atoms with Crippen molar-refractivity contribution in [2.24, 2.45) is 0 Å². The van der Waals surface area contributed by atoms with E-state index in [2.05, 4.69) is 40.9 Å². The number of nitrogens with one attached hydrogen (secondary N) is 1. The number of anilines is 2. The number of nitrogen functional groups attached to an aromatic ring is 1. The SMILES string of the molecule is CC1(Nc2ccc(N)cc2I)CC1. The molecule has 0 aliphatic heterocycles. The van der Waals surface area contributed by atoms with Gasteiger partial charge in [-0.2, -0.15) is 0 Å². The Morgan fingerprint density at radius 1 is 1.46 bits per heavy atom. The van der Waals surface area contributed by atoms with Crippen molar-refractivity contribution >= 4 is 34.0 Å². The van der Waals surface area contributed by atoms with Crippen LogP contribution < -0.4 is 11.1 Å². The van der Waals surface area contributed by atoms with Crippen LogP contribution in [0, 0.1) is 3.57 Å². The molecule has 70 valence electrons. The van der Waals surface area contributed by atoms with Gasteiger partial charge in [0.15, 0.2) is 0 Å². The zero-order chi connectivity index (χ0) is 9.47. The van der Waals surface area contributed by atoms with Crippen molar-refractivity contribution in [3.8, 4) is 0 Å². The van der Waals surface area contributed by atoms with Crippen LogP contribution in [0.25, 0.3) is 0 Å². The lowest BCUT2D eigenvalue weighted by molar-refractivity contribution is 0.828. The minimum Gasteiger partial charge on any atom is -0.399 e. The predicted octanol–water partition coefficient (Wildman–Crippen LogP) is 2.84. The molecule has 2 rings (SSSR count). The average Bonchev–Trinajstić information content (AvgIpc) is 2.75. The highest BCUT2D eigenvalue weighted by Gasteiger charge is 2.37. The van der Waals surface area contributed by atoms with Gasteiger partial charge in [0, 0.05) is 20.5 Å². The Hall–Kier alpha value is -0.450. The van der Waals surface area contributed by atoms with Gasteiger partial charge >= 0.3 is 0 Å². The fourth-order valence-electron chi connectivity index (χ4n) is 1.27. The maximum absolute atomic E-state index is 5.67. The summed E-state index contributed by atoms with van der Waals surface area (Å²) >= 11 is 2.31. The third kappa shape index (κ3) is 2.07. The summed E-state index contributed by atoms with van der Waals surface area (Å²) in [5.74, 6) is 0. The highest BCUT2D eigenvalue weighted by atomic mass is 127. The molecule has 3 N–H and O–H groups in total. The molecule has 0 bridgehead atoms. The highest BCUT2D eigenvalue weighted by Crippen LogP contribution is 2.39. The van der Waals surface area contributed by atoms with E-state index in [-0.39, 0.29) is 0 Å². The number of nitrogens with two attached hydrogens (primary N) is 1. The summed E-state index contributed by atoms with van der Waals surface area (Å²) in [6, 6.07) is 5.99. The largest absolute Gasteiger partial charge is 0.399 e. The fraction of sp³-hybridized carbons (Fsp3) is 0.400. The molecule has 0 saturated heterocycles. The van der Waals surface area contributed by atoms with Crippen LogP contribution in [0.5, 0.6) is 0 Å². The van der Waals surface area contributed by atoms with E-state index in [4.69, 9.17) is 5.73 Å². The molecule has 0 aromatic heterocycles. The molecule has 13 heavy (non-hydrogen) atoms. The topological polar surface area (TPSA) is 38.0 Å². The second-order valence-corrected chi connectivity index (χ2v) is 5.09. The van der Waals surface area contributed by atoms with Crippen LogP contribution in [0.4, 0.5) is 11.4 Å². The molecule has 0 spiro atoms. The van der Waals surface area contributed by atoms with Crippen molar-refractivity contribution in [1.29, 1.82) is 0 Å². The van der Waals surface area contributed by atoms with Crippen molar-refractivity contribution in [3.63, 3.8) is 0 Å². The number of hydrogen-bond donors (Lipinski definition) is 2. The normalized spacial score (nSPS) is 18.3. The Balaban J connectivity index is 2.20. The smallest absolute Gasteiger partial charge is 0.0481 e. The Morgan fingerprint density at radius 3 is 2.69 bits per heavy atom. The molecule has 0 radical (unpaired) electrons. The molecule has 1 aromatic rings. The molecular weight excluding hydrogens is 275 g/mol. The Morgan fingerprint density at radius 2 is 2.15 bits per heavy atom. The first kappa shape index (κ1) is 9.12. The number of benzene rings is 1. The molecule has 2 nitrogen and oxygen atoms in total. The summed E-state index contributed by atoms with van der Waals surface area (Å²) in [7, 11) is 0. The monoisotopic (exact) mass is 288 g/mol. The summed E-state index contributed by atoms with van der Waals surface area (Å²) < 4.78 is 1.20. The molecular formula is C10H13IN2. The van der Waals surface area contributed by atoms with Crippen LogP contribution in [0.3, 0.4) is 0 Å². The minimum absolute atomic E-state index is 0.343. The van der Waals surface area contributed by atoms with Gasteiger partial charge in [0.25, 0.3) is 0 Å². The third-order valence-corrected chi connectivity index (χ3v) is 3.32. The second kappa shape index (κ2) is 3.04. The number of halogens is 1. The Bertz CT molecular complexity index is 332. The molecule has 0 atom stereocenters. The van der Waals surface area contributed by atoms with Crippen LogP contribution in [0.15, 0.2) is 18.2 Å². The summed E-state index contributed by atoms with van der Waals surface area (Å²) in [4.78, 5) is 0. The van der Waals surface area contributed by atoms with Gasteiger partial charge in [-0.15, -0.1) is 0 Å². The summed E-state index contributed by atoms with van der Waals surface area (Å²) in [6.07, 6.45) is 2.54. The number of hydrogen-bond acceptors (Lipinski definition) is 2. The van der Waals surface area contributed by atoms with Gasteiger partial charge in [0.2, 0.25) is 0 Å². The van der Waals surface area contributed by atoms with E-state index in [0.29, 0.717) is 5.54 Å².